The lowest BCUT2D eigenvalue weighted by Crippen LogP contribution is -2.02. The molecule has 0 saturated heterocycles. The summed E-state index contributed by atoms with van der Waals surface area (Å²) in [6.45, 7) is 3.67. The Labute approximate surface area is 83.0 Å². The van der Waals surface area contributed by atoms with Gasteiger partial charge in [0.25, 0.3) is 0 Å². The van der Waals surface area contributed by atoms with E-state index in [1.54, 1.807) is 6.08 Å². The number of anilines is 1. The van der Waals surface area contributed by atoms with Crippen molar-refractivity contribution in [3.63, 3.8) is 0 Å². The maximum absolute atomic E-state index is 4.26. The summed E-state index contributed by atoms with van der Waals surface area (Å²) in [4.78, 5) is 4.26. The summed E-state index contributed by atoms with van der Waals surface area (Å²) in [6.07, 6.45) is 3.61. The first-order valence-electron chi connectivity index (χ1n) is 3.49. The zero-order valence-corrected chi connectivity index (χ0v) is 9.15. The van der Waals surface area contributed by atoms with Crippen LogP contribution in [0.3, 0.4) is 0 Å². The SMILES string of the molecule is C=Cc1ccc(N(C)I=C)nc1. The van der Waals surface area contributed by atoms with Gasteiger partial charge in [-0.15, -0.1) is 0 Å². The van der Waals surface area contributed by atoms with Gasteiger partial charge in [0.1, 0.15) is 5.82 Å². The van der Waals surface area contributed by atoms with Crippen LogP contribution in [0, 0.1) is 0 Å². The van der Waals surface area contributed by atoms with Crippen LogP contribution < -0.4 is 3.11 Å². The molecule has 0 bridgehead atoms. The second-order valence-electron chi connectivity index (χ2n) is 2.25. The van der Waals surface area contributed by atoms with E-state index >= 15 is 0 Å². The molecule has 0 aromatic carbocycles. The number of aromatic nitrogens is 1. The molecule has 2 nitrogen and oxygen atoms in total. The van der Waals surface area contributed by atoms with Crippen LogP contribution in [0.1, 0.15) is 5.56 Å². The minimum absolute atomic E-state index is 0.153. The highest BCUT2D eigenvalue weighted by atomic mass is 127. The summed E-state index contributed by atoms with van der Waals surface area (Å²) in [5.74, 6) is 0.989. The number of pyridine rings is 1. The molecule has 0 unspecified atom stereocenters. The predicted octanol–water partition coefficient (Wildman–Crippen LogP) is 2.48. The van der Waals surface area contributed by atoms with Gasteiger partial charge in [0.15, 0.2) is 0 Å². The van der Waals surface area contributed by atoms with E-state index in [2.05, 4.69) is 19.2 Å². The lowest BCUT2D eigenvalue weighted by Gasteiger charge is -2.10. The maximum atomic E-state index is 4.26. The lowest BCUT2D eigenvalue weighted by molar-refractivity contribution is 1.23. The van der Waals surface area contributed by atoms with E-state index in [0.29, 0.717) is 0 Å². The molecular weight excluding hydrogens is 263 g/mol. The molecule has 0 aliphatic rings. The Kier molecular flexibility index (Phi) is 3.40. The fourth-order valence-corrected chi connectivity index (χ4v) is 1.40. The highest BCUT2D eigenvalue weighted by molar-refractivity contribution is 14.2. The first-order valence-corrected chi connectivity index (χ1v) is 5.98. The van der Waals surface area contributed by atoms with Gasteiger partial charge in [0, 0.05) is 13.2 Å². The Balaban J connectivity index is 2.91. The van der Waals surface area contributed by atoms with Gasteiger partial charge in [-0.25, -0.2) is 4.98 Å². The summed E-state index contributed by atoms with van der Waals surface area (Å²) >= 11 is -0.153. The number of halogens is 1. The first-order chi connectivity index (χ1) is 5.77. The van der Waals surface area contributed by atoms with Crippen molar-refractivity contribution < 1.29 is 0 Å². The summed E-state index contributed by atoms with van der Waals surface area (Å²) in [5.41, 5.74) is 1.05. The van der Waals surface area contributed by atoms with Crippen LogP contribution in [0.4, 0.5) is 5.82 Å². The second kappa shape index (κ2) is 4.35. The topological polar surface area (TPSA) is 16.1 Å². The Hall–Kier alpha value is -0.710. The third-order valence-electron chi connectivity index (χ3n) is 1.50. The van der Waals surface area contributed by atoms with Crippen molar-refractivity contribution in [1.82, 2.24) is 4.98 Å². The quantitative estimate of drug-likeness (QED) is 0.622. The van der Waals surface area contributed by atoms with Crippen molar-refractivity contribution in [3.05, 3.63) is 30.5 Å². The molecule has 3 heteroatoms. The molecule has 0 amide bonds. The number of rotatable bonds is 3. The molecule has 0 radical (unpaired) electrons. The number of nitrogens with zero attached hydrogens (tertiary/aromatic N) is 2. The van der Waals surface area contributed by atoms with E-state index in [1.807, 2.05) is 25.4 Å². The molecule has 1 aromatic rings. The average molecular weight is 274 g/mol. The molecule has 0 N–H and O–H groups in total. The van der Waals surface area contributed by atoms with Crippen LogP contribution in [0.2, 0.25) is 0 Å². The maximum Gasteiger partial charge on any atom is 0.136 e. The van der Waals surface area contributed by atoms with E-state index in [1.165, 1.54) is 0 Å². The van der Waals surface area contributed by atoms with Crippen LogP contribution >= 0.6 is 21.0 Å². The molecule has 1 heterocycles. The van der Waals surface area contributed by atoms with Gasteiger partial charge in [0.05, 0.1) is 0 Å². The van der Waals surface area contributed by atoms with Gasteiger partial charge in [-0.05, 0) is 43.2 Å². The standard InChI is InChI=1S/C9H11IN2/c1-4-8-5-6-9(11-7-8)12(3)10-2/h4-7H,1-2H2,3H3. The zero-order valence-electron chi connectivity index (χ0n) is 7.00. The van der Waals surface area contributed by atoms with Crippen LogP contribution in [-0.2, 0) is 0 Å². The van der Waals surface area contributed by atoms with Gasteiger partial charge < -0.3 is 3.11 Å². The molecule has 0 spiro atoms. The molecular formula is C9H11IN2. The third-order valence-corrected chi connectivity index (χ3v) is 3.02. The smallest absolute Gasteiger partial charge is 0.136 e. The zero-order chi connectivity index (χ0) is 8.97. The van der Waals surface area contributed by atoms with Crippen molar-refractivity contribution in [1.29, 1.82) is 0 Å². The summed E-state index contributed by atoms with van der Waals surface area (Å²) < 4.78 is 5.97. The molecule has 1 aromatic heterocycles. The predicted molar refractivity (Wildman–Crippen MR) is 63.9 cm³/mol. The largest absolute Gasteiger partial charge is 0.308 e. The molecule has 0 fully saturated rings. The van der Waals surface area contributed by atoms with Gasteiger partial charge in [-0.1, -0.05) is 12.7 Å². The van der Waals surface area contributed by atoms with Gasteiger partial charge >= 0.3 is 0 Å². The van der Waals surface area contributed by atoms with Crippen LogP contribution in [0.15, 0.2) is 24.9 Å². The van der Waals surface area contributed by atoms with Gasteiger partial charge in [-0.2, -0.15) is 0 Å². The van der Waals surface area contributed by atoms with E-state index in [9.17, 15) is 0 Å². The van der Waals surface area contributed by atoms with E-state index in [4.69, 9.17) is 0 Å². The average Bonchev–Trinajstić information content (AvgIpc) is 2.17. The normalized spacial score (nSPS) is 9.42. The fourth-order valence-electron chi connectivity index (χ4n) is 0.762. The molecule has 12 heavy (non-hydrogen) atoms. The van der Waals surface area contributed by atoms with Crippen molar-refractivity contribution in [2.75, 3.05) is 10.2 Å². The van der Waals surface area contributed by atoms with Crippen LogP contribution in [0.5, 0.6) is 0 Å². The molecule has 0 atom stereocenters. The number of hydrogen-bond donors (Lipinski definition) is 0. The minimum Gasteiger partial charge on any atom is -0.308 e. The van der Waals surface area contributed by atoms with Crippen molar-refractivity contribution in [2.45, 2.75) is 0 Å². The summed E-state index contributed by atoms with van der Waals surface area (Å²) in [5, 5.41) is 0. The van der Waals surface area contributed by atoms with Crippen molar-refractivity contribution in [2.24, 2.45) is 0 Å². The Morgan fingerprint density at radius 2 is 2.33 bits per heavy atom. The van der Waals surface area contributed by atoms with Gasteiger partial charge in [0.2, 0.25) is 0 Å². The molecule has 0 aliphatic heterocycles. The molecule has 0 aliphatic carbocycles. The highest BCUT2D eigenvalue weighted by Gasteiger charge is 1.96. The fraction of sp³-hybridized carbons (Fsp3) is 0.111. The molecule has 64 valence electrons. The van der Waals surface area contributed by atoms with Crippen LogP contribution in [0.25, 0.3) is 6.08 Å². The Morgan fingerprint density at radius 3 is 2.75 bits per heavy atom. The molecule has 0 saturated carbocycles. The number of hydrogen-bond acceptors (Lipinski definition) is 2. The Bertz CT molecular complexity index is 279. The molecule has 1 rings (SSSR count). The second-order valence-corrected chi connectivity index (χ2v) is 4.38. The van der Waals surface area contributed by atoms with Crippen molar-refractivity contribution in [3.8, 4) is 0 Å². The van der Waals surface area contributed by atoms with Gasteiger partial charge in [-0.3, -0.25) is 0 Å². The van der Waals surface area contributed by atoms with Crippen LogP contribution in [-0.4, -0.2) is 16.5 Å². The monoisotopic (exact) mass is 274 g/mol. The third kappa shape index (κ3) is 2.14. The summed E-state index contributed by atoms with van der Waals surface area (Å²) in [7, 11) is 2.01. The highest BCUT2D eigenvalue weighted by Crippen LogP contribution is 2.15. The van der Waals surface area contributed by atoms with E-state index < -0.39 is 0 Å². The first kappa shape index (κ1) is 9.38. The minimum atomic E-state index is -0.153. The van der Waals surface area contributed by atoms with E-state index in [-0.39, 0.29) is 21.0 Å². The van der Waals surface area contributed by atoms with Crippen molar-refractivity contribution >= 4 is 37.4 Å². The van der Waals surface area contributed by atoms with E-state index in [0.717, 1.165) is 11.4 Å². The lowest BCUT2D eigenvalue weighted by atomic mass is 10.3. The Morgan fingerprint density at radius 1 is 1.58 bits per heavy atom. The summed E-state index contributed by atoms with van der Waals surface area (Å²) in [6, 6.07) is 3.99.